The number of rotatable bonds is 5. The molecule has 0 aliphatic heterocycles. The molecule has 0 fully saturated rings. The summed E-state index contributed by atoms with van der Waals surface area (Å²) in [6.07, 6.45) is 0. The Hall–Kier alpha value is -0.870. The second kappa shape index (κ2) is 4.97. The van der Waals surface area contributed by atoms with Crippen LogP contribution in [0.15, 0.2) is 4.52 Å². The standard InChI is InChI=1S/C12H22N2O2/c1-8(13-6-12(4,5)7-15)11-9(2)14-16-10(11)3/h8,13,15H,6-7H2,1-5H3. The normalized spacial score (nSPS) is 14.1. The predicted molar refractivity (Wildman–Crippen MR) is 63.3 cm³/mol. The van der Waals surface area contributed by atoms with E-state index in [1.807, 2.05) is 27.7 Å². The quantitative estimate of drug-likeness (QED) is 0.805. The van der Waals surface area contributed by atoms with Crippen LogP contribution in [0.25, 0.3) is 0 Å². The van der Waals surface area contributed by atoms with Crippen molar-refractivity contribution in [2.24, 2.45) is 5.41 Å². The zero-order chi connectivity index (χ0) is 12.3. The van der Waals surface area contributed by atoms with Crippen LogP contribution in [-0.4, -0.2) is 23.4 Å². The molecule has 0 radical (unpaired) electrons. The van der Waals surface area contributed by atoms with E-state index in [1.54, 1.807) is 0 Å². The van der Waals surface area contributed by atoms with Crippen LogP contribution >= 0.6 is 0 Å². The van der Waals surface area contributed by atoms with Crippen molar-refractivity contribution in [3.8, 4) is 0 Å². The Morgan fingerprint density at radius 1 is 1.44 bits per heavy atom. The number of aliphatic hydroxyl groups is 1. The highest BCUT2D eigenvalue weighted by atomic mass is 16.5. The zero-order valence-corrected chi connectivity index (χ0v) is 10.8. The first-order valence-corrected chi connectivity index (χ1v) is 5.64. The third-order valence-corrected chi connectivity index (χ3v) is 2.84. The number of nitrogens with zero attached hydrogens (tertiary/aromatic N) is 1. The Bertz CT molecular complexity index is 325. The van der Waals surface area contributed by atoms with E-state index >= 15 is 0 Å². The van der Waals surface area contributed by atoms with Gasteiger partial charge in [-0.2, -0.15) is 0 Å². The minimum atomic E-state index is -0.104. The molecule has 4 nitrogen and oxygen atoms in total. The van der Waals surface area contributed by atoms with Crippen molar-refractivity contribution in [2.45, 2.75) is 40.7 Å². The van der Waals surface area contributed by atoms with Crippen molar-refractivity contribution < 1.29 is 9.63 Å². The van der Waals surface area contributed by atoms with Crippen LogP contribution < -0.4 is 5.32 Å². The maximum Gasteiger partial charge on any atom is 0.138 e. The Morgan fingerprint density at radius 2 is 2.06 bits per heavy atom. The molecule has 16 heavy (non-hydrogen) atoms. The van der Waals surface area contributed by atoms with Gasteiger partial charge in [-0.05, 0) is 20.8 Å². The van der Waals surface area contributed by atoms with Gasteiger partial charge in [0.1, 0.15) is 5.76 Å². The molecule has 0 aliphatic rings. The molecule has 0 bridgehead atoms. The molecule has 0 spiro atoms. The van der Waals surface area contributed by atoms with Gasteiger partial charge in [0.15, 0.2) is 0 Å². The van der Waals surface area contributed by atoms with Gasteiger partial charge in [0.25, 0.3) is 0 Å². The summed E-state index contributed by atoms with van der Waals surface area (Å²) in [6.45, 7) is 10.9. The highest BCUT2D eigenvalue weighted by Gasteiger charge is 2.20. The minimum absolute atomic E-state index is 0.104. The van der Waals surface area contributed by atoms with Crippen LogP contribution in [-0.2, 0) is 0 Å². The molecule has 0 saturated carbocycles. The molecule has 0 aliphatic carbocycles. The number of hydrogen-bond donors (Lipinski definition) is 2. The summed E-state index contributed by atoms with van der Waals surface area (Å²) in [4.78, 5) is 0. The Labute approximate surface area is 97.0 Å². The van der Waals surface area contributed by atoms with Crippen LogP contribution in [0.3, 0.4) is 0 Å². The van der Waals surface area contributed by atoms with E-state index in [0.717, 1.165) is 23.6 Å². The van der Waals surface area contributed by atoms with E-state index in [1.165, 1.54) is 0 Å². The summed E-state index contributed by atoms with van der Waals surface area (Å²) in [5.41, 5.74) is 1.95. The fourth-order valence-electron chi connectivity index (χ4n) is 1.70. The average Bonchev–Trinajstić information content (AvgIpc) is 2.55. The van der Waals surface area contributed by atoms with Crippen molar-refractivity contribution in [2.75, 3.05) is 13.2 Å². The van der Waals surface area contributed by atoms with E-state index in [2.05, 4.69) is 17.4 Å². The number of hydrogen-bond acceptors (Lipinski definition) is 4. The molecule has 0 aromatic carbocycles. The van der Waals surface area contributed by atoms with Crippen molar-refractivity contribution in [1.29, 1.82) is 0 Å². The molecule has 1 unspecified atom stereocenters. The van der Waals surface area contributed by atoms with Crippen LogP contribution in [0, 0.1) is 19.3 Å². The first-order valence-electron chi connectivity index (χ1n) is 5.64. The number of aryl methyl sites for hydroxylation is 2. The van der Waals surface area contributed by atoms with Crippen molar-refractivity contribution in [1.82, 2.24) is 10.5 Å². The summed E-state index contributed by atoms with van der Waals surface area (Å²) in [7, 11) is 0. The molecule has 0 amide bonds. The molecule has 4 heteroatoms. The van der Waals surface area contributed by atoms with Crippen molar-refractivity contribution in [3.63, 3.8) is 0 Å². The molecule has 1 aromatic rings. The third-order valence-electron chi connectivity index (χ3n) is 2.84. The predicted octanol–water partition coefficient (Wildman–Crippen LogP) is 1.96. The highest BCUT2D eigenvalue weighted by Crippen LogP contribution is 2.22. The maximum absolute atomic E-state index is 9.18. The lowest BCUT2D eigenvalue weighted by Gasteiger charge is -2.24. The number of aromatic nitrogens is 1. The first kappa shape index (κ1) is 13.2. The minimum Gasteiger partial charge on any atom is -0.396 e. The highest BCUT2D eigenvalue weighted by molar-refractivity contribution is 5.24. The zero-order valence-electron chi connectivity index (χ0n) is 10.8. The molecule has 0 saturated heterocycles. The van der Waals surface area contributed by atoms with Gasteiger partial charge in [-0.3, -0.25) is 0 Å². The van der Waals surface area contributed by atoms with E-state index in [0.29, 0.717) is 0 Å². The third kappa shape index (κ3) is 3.06. The van der Waals surface area contributed by atoms with E-state index in [-0.39, 0.29) is 18.1 Å². The van der Waals surface area contributed by atoms with Gasteiger partial charge in [0.2, 0.25) is 0 Å². The Morgan fingerprint density at radius 3 is 2.50 bits per heavy atom. The monoisotopic (exact) mass is 226 g/mol. The van der Waals surface area contributed by atoms with Gasteiger partial charge in [0, 0.05) is 30.2 Å². The van der Waals surface area contributed by atoms with Gasteiger partial charge < -0.3 is 14.9 Å². The molecule has 92 valence electrons. The summed E-state index contributed by atoms with van der Waals surface area (Å²) < 4.78 is 5.14. The van der Waals surface area contributed by atoms with Gasteiger partial charge in [-0.25, -0.2) is 0 Å². The second-order valence-electron chi connectivity index (χ2n) is 5.16. The number of nitrogens with one attached hydrogen (secondary N) is 1. The average molecular weight is 226 g/mol. The topological polar surface area (TPSA) is 58.3 Å². The van der Waals surface area contributed by atoms with E-state index < -0.39 is 0 Å². The SMILES string of the molecule is Cc1noc(C)c1C(C)NCC(C)(C)CO. The van der Waals surface area contributed by atoms with E-state index in [4.69, 9.17) is 4.52 Å². The summed E-state index contributed by atoms with van der Waals surface area (Å²) in [5, 5.41) is 16.5. The molecule has 1 atom stereocenters. The van der Waals surface area contributed by atoms with Crippen molar-refractivity contribution >= 4 is 0 Å². The summed E-state index contributed by atoms with van der Waals surface area (Å²) >= 11 is 0. The van der Waals surface area contributed by atoms with Crippen LogP contribution in [0.4, 0.5) is 0 Å². The summed E-state index contributed by atoms with van der Waals surface area (Å²) in [5.74, 6) is 0.860. The fraction of sp³-hybridized carbons (Fsp3) is 0.750. The second-order valence-corrected chi connectivity index (χ2v) is 5.16. The largest absolute Gasteiger partial charge is 0.396 e. The van der Waals surface area contributed by atoms with E-state index in [9.17, 15) is 5.11 Å². The Balaban J connectivity index is 2.63. The van der Waals surface area contributed by atoms with Crippen LogP contribution in [0.2, 0.25) is 0 Å². The smallest absolute Gasteiger partial charge is 0.138 e. The molecular weight excluding hydrogens is 204 g/mol. The Kier molecular flexibility index (Phi) is 4.10. The lowest BCUT2D eigenvalue weighted by atomic mass is 9.94. The molecule has 2 N–H and O–H groups in total. The van der Waals surface area contributed by atoms with Gasteiger partial charge >= 0.3 is 0 Å². The molecular formula is C12H22N2O2. The van der Waals surface area contributed by atoms with Gasteiger partial charge in [-0.15, -0.1) is 0 Å². The van der Waals surface area contributed by atoms with Crippen LogP contribution in [0.1, 0.15) is 43.8 Å². The lowest BCUT2D eigenvalue weighted by Crippen LogP contribution is -2.34. The maximum atomic E-state index is 9.18. The van der Waals surface area contributed by atoms with Gasteiger partial charge in [-0.1, -0.05) is 19.0 Å². The number of aliphatic hydroxyl groups excluding tert-OH is 1. The first-order chi connectivity index (χ1) is 7.37. The molecule has 1 aromatic heterocycles. The molecule has 1 heterocycles. The summed E-state index contributed by atoms with van der Waals surface area (Å²) in [6, 6.07) is 0.192. The van der Waals surface area contributed by atoms with Crippen molar-refractivity contribution in [3.05, 3.63) is 17.0 Å². The molecule has 1 rings (SSSR count). The fourth-order valence-corrected chi connectivity index (χ4v) is 1.70. The van der Waals surface area contributed by atoms with Crippen LogP contribution in [0.5, 0.6) is 0 Å². The lowest BCUT2D eigenvalue weighted by molar-refractivity contribution is 0.154. The van der Waals surface area contributed by atoms with Gasteiger partial charge in [0.05, 0.1) is 5.69 Å².